The Kier molecular flexibility index (Phi) is 7.93. The van der Waals surface area contributed by atoms with Gasteiger partial charge >= 0.3 is 0 Å². The summed E-state index contributed by atoms with van der Waals surface area (Å²) in [7, 11) is -2.47. The van der Waals surface area contributed by atoms with Crippen LogP contribution in [0.25, 0.3) is 5.69 Å². The van der Waals surface area contributed by atoms with Crippen molar-refractivity contribution in [2.75, 3.05) is 18.2 Å². The highest BCUT2D eigenvalue weighted by atomic mass is 79.9. The van der Waals surface area contributed by atoms with E-state index in [1.807, 2.05) is 28.9 Å². The first-order valence-corrected chi connectivity index (χ1v) is 15.5. The largest absolute Gasteiger partial charge is 0.270 e. The number of aromatic nitrogens is 2. The molecule has 1 unspecified atom stereocenters. The highest BCUT2D eigenvalue weighted by Gasteiger charge is 2.54. The minimum Gasteiger partial charge on any atom is -0.258 e. The third-order valence-electron chi connectivity index (χ3n) is 7.16. The summed E-state index contributed by atoms with van der Waals surface area (Å²) in [6, 6.07) is 25.9. The Balaban J connectivity index is 1.78. The normalized spacial score (nSPS) is 16.0. The molecule has 196 valence electrons. The fourth-order valence-electron chi connectivity index (χ4n) is 5.43. The van der Waals surface area contributed by atoms with Gasteiger partial charge in [-0.2, -0.15) is 9.77 Å². The summed E-state index contributed by atoms with van der Waals surface area (Å²) in [6.45, 7) is 6.19. The summed E-state index contributed by atoms with van der Waals surface area (Å²) >= 11 is 3.64. The molecule has 1 aliphatic heterocycles. The number of nitro benzene ring substituents is 1. The number of hydrogen-bond donors (Lipinski definition) is 1. The molecule has 38 heavy (non-hydrogen) atoms. The number of hydrogen-bond acceptors (Lipinski definition) is 5. The number of non-ortho nitro benzene ring substituents is 1. The first-order valence-electron chi connectivity index (χ1n) is 13.0. The second-order valence-electron chi connectivity index (χ2n) is 9.64. The minimum atomic E-state index is -2.47. The predicted molar refractivity (Wildman–Crippen MR) is 160 cm³/mol. The molecule has 5 rings (SSSR count). The number of nitrogens with one attached hydrogen (secondary N) is 1. The Labute approximate surface area is 232 Å². The maximum Gasteiger partial charge on any atom is 0.270 e. The van der Waals surface area contributed by atoms with Crippen molar-refractivity contribution in [1.82, 2.24) is 14.5 Å². The number of nitrogens with zero attached hydrogens (tertiary/aromatic N) is 4. The molecule has 1 aliphatic rings. The lowest BCUT2D eigenvalue weighted by atomic mass is 10.2. The first-order chi connectivity index (χ1) is 18.4. The number of aryl methyl sites for hydroxylation is 1. The standard InChI is InChI=1S/C29H32BrN5O2P/c1-22-29(23(2)34(31-22)24-13-7-5-8-14-24)38(26-15-9-6-10-16-26,33-19-11-3-4-12-20-33)32-28-18-17-25(35(36)37)21-27(28)30/h5-10,13-18,21,32H,3-4,11-12,19-20H2,1-2H3/q+1. The molecule has 0 saturated carbocycles. The van der Waals surface area contributed by atoms with E-state index in [1.54, 1.807) is 12.1 Å². The Bertz CT molecular complexity index is 1420. The van der Waals surface area contributed by atoms with E-state index in [1.165, 1.54) is 23.5 Å². The highest BCUT2D eigenvalue weighted by molar-refractivity contribution is 9.10. The fourth-order valence-corrected chi connectivity index (χ4v) is 10.4. The van der Waals surface area contributed by atoms with Crippen LogP contribution in [0.1, 0.15) is 37.1 Å². The zero-order valence-corrected chi connectivity index (χ0v) is 24.2. The molecule has 1 N–H and O–H groups in total. The van der Waals surface area contributed by atoms with Crippen LogP contribution in [0.15, 0.2) is 83.3 Å². The van der Waals surface area contributed by atoms with Gasteiger partial charge in [0.2, 0.25) is 7.56 Å². The van der Waals surface area contributed by atoms with Crippen LogP contribution in [0.5, 0.6) is 0 Å². The van der Waals surface area contributed by atoms with Crippen LogP contribution in [0, 0.1) is 24.0 Å². The molecule has 0 aliphatic carbocycles. The second-order valence-corrected chi connectivity index (χ2v) is 13.5. The van der Waals surface area contributed by atoms with Crippen molar-refractivity contribution >= 4 is 45.5 Å². The van der Waals surface area contributed by atoms with Crippen molar-refractivity contribution in [2.24, 2.45) is 0 Å². The molecule has 0 bridgehead atoms. The lowest BCUT2D eigenvalue weighted by molar-refractivity contribution is -0.384. The summed E-state index contributed by atoms with van der Waals surface area (Å²) in [5.41, 5.74) is 4.00. The van der Waals surface area contributed by atoms with Gasteiger partial charge in [-0.15, -0.1) is 0 Å². The first kappa shape index (κ1) is 26.5. The second kappa shape index (κ2) is 11.4. The van der Waals surface area contributed by atoms with Crippen molar-refractivity contribution in [3.05, 3.63) is 105 Å². The maximum atomic E-state index is 11.5. The van der Waals surface area contributed by atoms with E-state index in [-0.39, 0.29) is 10.6 Å². The van der Waals surface area contributed by atoms with E-state index in [9.17, 15) is 10.1 Å². The van der Waals surface area contributed by atoms with E-state index in [0.29, 0.717) is 4.47 Å². The van der Waals surface area contributed by atoms with Crippen LogP contribution >= 0.6 is 23.5 Å². The summed E-state index contributed by atoms with van der Waals surface area (Å²) in [6.07, 6.45) is 4.69. The molecule has 2 heterocycles. The lowest BCUT2D eigenvalue weighted by Gasteiger charge is -2.36. The molecular weight excluding hydrogens is 561 g/mol. The van der Waals surface area contributed by atoms with Crippen molar-refractivity contribution < 1.29 is 4.92 Å². The van der Waals surface area contributed by atoms with Crippen LogP contribution < -0.4 is 15.7 Å². The van der Waals surface area contributed by atoms with Crippen molar-refractivity contribution in [3.63, 3.8) is 0 Å². The molecule has 3 aromatic carbocycles. The average molecular weight is 593 g/mol. The fraction of sp³-hybridized carbons (Fsp3) is 0.276. The zero-order valence-electron chi connectivity index (χ0n) is 21.7. The average Bonchev–Trinajstić information content (AvgIpc) is 3.09. The van der Waals surface area contributed by atoms with Gasteiger partial charge in [-0.25, -0.2) is 9.77 Å². The molecule has 0 spiro atoms. The number of rotatable bonds is 7. The molecule has 7 nitrogen and oxygen atoms in total. The van der Waals surface area contributed by atoms with E-state index >= 15 is 0 Å². The Morgan fingerprint density at radius 1 is 0.921 bits per heavy atom. The van der Waals surface area contributed by atoms with Gasteiger partial charge in [-0.1, -0.05) is 49.2 Å². The number of anilines is 1. The van der Waals surface area contributed by atoms with Crippen molar-refractivity contribution in [1.29, 1.82) is 0 Å². The SMILES string of the molecule is Cc1nn(-c2ccccc2)c(C)c1[P+](Nc1ccc([N+](=O)[O-])cc1Br)(c1ccccc1)N1CCCCCC1. The summed E-state index contributed by atoms with van der Waals surface area (Å²) in [4.78, 5) is 11.1. The van der Waals surface area contributed by atoms with Gasteiger partial charge in [0, 0.05) is 25.2 Å². The minimum absolute atomic E-state index is 0.0603. The summed E-state index contributed by atoms with van der Waals surface area (Å²) in [5, 5.41) is 23.0. The Hall–Kier alpha value is -3.06. The molecule has 1 saturated heterocycles. The monoisotopic (exact) mass is 592 g/mol. The highest BCUT2D eigenvalue weighted by Crippen LogP contribution is 2.61. The van der Waals surface area contributed by atoms with E-state index in [2.05, 4.69) is 82.0 Å². The number of halogens is 1. The topological polar surface area (TPSA) is 76.2 Å². The van der Waals surface area contributed by atoms with Gasteiger partial charge in [0.05, 0.1) is 26.5 Å². The molecule has 1 fully saturated rings. The third-order valence-corrected chi connectivity index (χ3v) is 12.0. The van der Waals surface area contributed by atoms with Gasteiger partial charge in [0.25, 0.3) is 5.69 Å². The van der Waals surface area contributed by atoms with Crippen LogP contribution in [-0.4, -0.2) is 32.5 Å². The predicted octanol–water partition coefficient (Wildman–Crippen LogP) is 6.95. The van der Waals surface area contributed by atoms with Crippen molar-refractivity contribution in [3.8, 4) is 5.69 Å². The van der Waals surface area contributed by atoms with Crippen LogP contribution in [0.4, 0.5) is 11.4 Å². The molecule has 1 atom stereocenters. The van der Waals surface area contributed by atoms with E-state index in [4.69, 9.17) is 5.10 Å². The Morgan fingerprint density at radius 2 is 1.55 bits per heavy atom. The molecule has 0 amide bonds. The number of benzene rings is 3. The quantitative estimate of drug-likeness (QED) is 0.143. The van der Waals surface area contributed by atoms with Gasteiger partial charge in [0.15, 0.2) is 5.30 Å². The lowest BCUT2D eigenvalue weighted by Crippen LogP contribution is -2.43. The third kappa shape index (κ3) is 5.00. The summed E-state index contributed by atoms with van der Waals surface area (Å²) < 4.78 is 5.37. The smallest absolute Gasteiger partial charge is 0.258 e. The van der Waals surface area contributed by atoms with Gasteiger partial charge in [0.1, 0.15) is 11.0 Å². The molecule has 1 aromatic heterocycles. The summed E-state index contributed by atoms with van der Waals surface area (Å²) in [5.74, 6) is 0. The van der Waals surface area contributed by atoms with E-state index < -0.39 is 7.56 Å². The van der Waals surface area contributed by atoms with Crippen molar-refractivity contribution in [2.45, 2.75) is 39.5 Å². The molecule has 9 heteroatoms. The Morgan fingerprint density at radius 3 is 2.16 bits per heavy atom. The van der Waals surface area contributed by atoms with Crippen LogP contribution in [0.3, 0.4) is 0 Å². The van der Waals surface area contributed by atoms with Crippen LogP contribution in [-0.2, 0) is 0 Å². The molecule has 4 aromatic rings. The molecular formula is C29H32BrN5O2P+. The van der Waals surface area contributed by atoms with Gasteiger partial charge in [-0.05, 0) is 73.0 Å². The number of para-hydroxylation sites is 1. The van der Waals surface area contributed by atoms with Crippen LogP contribution in [0.2, 0.25) is 0 Å². The molecule has 0 radical (unpaired) electrons. The van der Waals surface area contributed by atoms with E-state index in [0.717, 1.165) is 48.7 Å². The maximum absolute atomic E-state index is 11.5. The number of nitro groups is 1. The van der Waals surface area contributed by atoms with Gasteiger partial charge < -0.3 is 0 Å². The van der Waals surface area contributed by atoms with Gasteiger partial charge in [-0.3, -0.25) is 10.1 Å². The zero-order chi connectivity index (χ0) is 26.7.